The summed E-state index contributed by atoms with van der Waals surface area (Å²) in [5.74, 6) is 0.986. The van der Waals surface area contributed by atoms with Gasteiger partial charge in [0.15, 0.2) is 0 Å². The van der Waals surface area contributed by atoms with Crippen LogP contribution in [0.5, 0.6) is 0 Å². The van der Waals surface area contributed by atoms with E-state index >= 15 is 0 Å². The summed E-state index contributed by atoms with van der Waals surface area (Å²) in [5, 5.41) is 3.29. The van der Waals surface area contributed by atoms with E-state index in [4.69, 9.17) is 16.3 Å². The van der Waals surface area contributed by atoms with Gasteiger partial charge in [-0.2, -0.15) is 0 Å². The fourth-order valence-corrected chi connectivity index (χ4v) is 2.50. The molecule has 20 heavy (non-hydrogen) atoms. The lowest BCUT2D eigenvalue weighted by Gasteiger charge is -2.27. The van der Waals surface area contributed by atoms with Crippen molar-refractivity contribution in [3.05, 3.63) is 22.8 Å². The normalized spacial score (nSPS) is 15.9. The molecule has 0 spiro atoms. The van der Waals surface area contributed by atoms with Crippen molar-refractivity contribution < 1.29 is 9.53 Å². The molecule has 0 radical (unpaired) electrons. The first-order chi connectivity index (χ1) is 9.61. The van der Waals surface area contributed by atoms with Gasteiger partial charge in [-0.25, -0.2) is 4.98 Å². The summed E-state index contributed by atoms with van der Waals surface area (Å²) in [5.41, 5.74) is 0.299. The number of carbonyl (C=O) groups is 1. The Morgan fingerprint density at radius 1 is 1.50 bits per heavy atom. The maximum atomic E-state index is 12.4. The van der Waals surface area contributed by atoms with Gasteiger partial charge in [-0.3, -0.25) is 4.79 Å². The highest BCUT2D eigenvalue weighted by Gasteiger charge is 2.22. The summed E-state index contributed by atoms with van der Waals surface area (Å²) < 4.78 is 5.33. The van der Waals surface area contributed by atoms with E-state index in [2.05, 4.69) is 10.3 Å². The van der Waals surface area contributed by atoms with Gasteiger partial charge in [0, 0.05) is 33.9 Å². The second-order valence-electron chi connectivity index (χ2n) is 5.02. The van der Waals surface area contributed by atoms with Crippen LogP contribution in [-0.4, -0.2) is 49.6 Å². The second kappa shape index (κ2) is 6.90. The van der Waals surface area contributed by atoms with Gasteiger partial charge in [0.2, 0.25) is 0 Å². The average molecular weight is 298 g/mol. The highest BCUT2D eigenvalue weighted by molar-refractivity contribution is 6.33. The fraction of sp³-hybridized carbons (Fsp3) is 0.571. The van der Waals surface area contributed by atoms with E-state index in [1.165, 1.54) is 0 Å². The first kappa shape index (κ1) is 15.1. The molecule has 5 nitrogen and oxygen atoms in total. The maximum absolute atomic E-state index is 12.4. The Morgan fingerprint density at radius 3 is 2.85 bits per heavy atom. The third kappa shape index (κ3) is 3.61. The number of ether oxygens (including phenoxy) is 1. The molecule has 1 amide bonds. The van der Waals surface area contributed by atoms with Gasteiger partial charge < -0.3 is 15.0 Å². The van der Waals surface area contributed by atoms with Gasteiger partial charge in [0.05, 0.1) is 5.02 Å². The van der Waals surface area contributed by atoms with E-state index < -0.39 is 0 Å². The minimum atomic E-state index is -0.140. The maximum Gasteiger partial charge on any atom is 0.273 e. The molecule has 1 aliphatic rings. The van der Waals surface area contributed by atoms with E-state index in [-0.39, 0.29) is 5.91 Å². The molecule has 1 fully saturated rings. The first-order valence-corrected chi connectivity index (χ1v) is 7.17. The Bertz CT molecular complexity index is 475. The molecule has 1 aromatic rings. The largest absolute Gasteiger partial charge is 0.381 e. The van der Waals surface area contributed by atoms with E-state index in [0.717, 1.165) is 26.1 Å². The second-order valence-corrected chi connectivity index (χ2v) is 5.43. The third-order valence-corrected chi connectivity index (χ3v) is 3.83. The zero-order valence-corrected chi connectivity index (χ0v) is 12.6. The Labute approximate surface area is 124 Å². The van der Waals surface area contributed by atoms with Crippen molar-refractivity contribution in [2.24, 2.45) is 5.92 Å². The lowest BCUT2D eigenvalue weighted by molar-refractivity contribution is 0.0495. The van der Waals surface area contributed by atoms with Crippen LogP contribution in [0.2, 0.25) is 5.02 Å². The summed E-state index contributed by atoms with van der Waals surface area (Å²) in [6.07, 6.45) is 1.99. The predicted octanol–water partition coefficient (Wildman–Crippen LogP) is 2.28. The Hall–Kier alpha value is -1.33. The Morgan fingerprint density at radius 2 is 2.20 bits per heavy atom. The minimum Gasteiger partial charge on any atom is -0.381 e. The molecule has 2 heterocycles. The van der Waals surface area contributed by atoms with Crippen molar-refractivity contribution in [2.75, 3.05) is 39.2 Å². The van der Waals surface area contributed by atoms with Crippen LogP contribution in [0.3, 0.4) is 0 Å². The number of amides is 1. The Balaban J connectivity index is 2.05. The number of hydrogen-bond acceptors (Lipinski definition) is 4. The van der Waals surface area contributed by atoms with Gasteiger partial charge in [-0.15, -0.1) is 0 Å². The van der Waals surface area contributed by atoms with Gasteiger partial charge in [-0.05, 0) is 30.9 Å². The lowest BCUT2D eigenvalue weighted by Crippen LogP contribution is -2.34. The number of carbonyl (C=O) groups excluding carboxylic acids is 1. The van der Waals surface area contributed by atoms with Gasteiger partial charge >= 0.3 is 0 Å². The van der Waals surface area contributed by atoms with Crippen LogP contribution in [0.4, 0.5) is 5.82 Å². The summed E-state index contributed by atoms with van der Waals surface area (Å²) >= 11 is 6.08. The molecule has 0 atom stereocenters. The standard InChI is InChI=1S/C14H20ClN3O2/c1-16-12-4-3-11(15)13(17-12)14(19)18(2)9-10-5-7-20-8-6-10/h3-4,10H,5-9H2,1-2H3,(H,16,17). The highest BCUT2D eigenvalue weighted by atomic mass is 35.5. The number of nitrogens with zero attached hydrogens (tertiary/aromatic N) is 2. The fourth-order valence-electron chi connectivity index (χ4n) is 2.31. The number of pyridine rings is 1. The molecule has 0 aliphatic carbocycles. The molecule has 2 rings (SSSR count). The van der Waals surface area contributed by atoms with Crippen LogP contribution < -0.4 is 5.32 Å². The van der Waals surface area contributed by atoms with Gasteiger partial charge in [0.25, 0.3) is 5.91 Å². The van der Waals surface area contributed by atoms with E-state index in [0.29, 0.717) is 29.0 Å². The van der Waals surface area contributed by atoms with Crippen LogP contribution in [0.15, 0.2) is 12.1 Å². The molecule has 0 saturated carbocycles. The van der Waals surface area contributed by atoms with Crippen molar-refractivity contribution in [1.82, 2.24) is 9.88 Å². The number of rotatable bonds is 4. The van der Waals surface area contributed by atoms with Crippen molar-refractivity contribution >= 4 is 23.3 Å². The molecule has 110 valence electrons. The van der Waals surface area contributed by atoms with E-state index in [1.54, 1.807) is 31.1 Å². The molecular formula is C14H20ClN3O2. The average Bonchev–Trinajstić information content (AvgIpc) is 2.48. The molecule has 0 unspecified atom stereocenters. The van der Waals surface area contributed by atoms with E-state index in [1.807, 2.05) is 0 Å². The zero-order valence-electron chi connectivity index (χ0n) is 11.9. The van der Waals surface area contributed by atoms with Crippen LogP contribution in [-0.2, 0) is 4.74 Å². The van der Waals surface area contributed by atoms with Crippen LogP contribution in [0.25, 0.3) is 0 Å². The third-order valence-electron chi connectivity index (χ3n) is 3.52. The van der Waals surface area contributed by atoms with Gasteiger partial charge in [-0.1, -0.05) is 11.6 Å². The number of aromatic nitrogens is 1. The lowest BCUT2D eigenvalue weighted by atomic mass is 10.00. The van der Waals surface area contributed by atoms with E-state index in [9.17, 15) is 4.79 Å². The molecule has 1 aliphatic heterocycles. The molecule has 6 heteroatoms. The molecular weight excluding hydrogens is 278 g/mol. The number of anilines is 1. The quantitative estimate of drug-likeness (QED) is 0.926. The van der Waals surface area contributed by atoms with Gasteiger partial charge in [0.1, 0.15) is 11.5 Å². The summed E-state index contributed by atoms with van der Waals surface area (Å²) in [4.78, 5) is 18.4. The number of nitrogens with one attached hydrogen (secondary N) is 1. The molecule has 1 N–H and O–H groups in total. The van der Waals surface area contributed by atoms with Crippen molar-refractivity contribution in [3.8, 4) is 0 Å². The van der Waals surface area contributed by atoms with Crippen molar-refractivity contribution in [1.29, 1.82) is 0 Å². The van der Waals surface area contributed by atoms with Crippen molar-refractivity contribution in [3.63, 3.8) is 0 Å². The minimum absolute atomic E-state index is 0.140. The summed E-state index contributed by atoms with van der Waals surface area (Å²) in [6, 6.07) is 3.44. The molecule has 0 bridgehead atoms. The number of hydrogen-bond donors (Lipinski definition) is 1. The van der Waals surface area contributed by atoms with Crippen LogP contribution >= 0.6 is 11.6 Å². The van der Waals surface area contributed by atoms with Crippen LogP contribution in [0, 0.1) is 5.92 Å². The van der Waals surface area contributed by atoms with Crippen molar-refractivity contribution in [2.45, 2.75) is 12.8 Å². The predicted molar refractivity (Wildman–Crippen MR) is 79.3 cm³/mol. The summed E-state index contributed by atoms with van der Waals surface area (Å²) in [7, 11) is 3.55. The Kier molecular flexibility index (Phi) is 5.20. The SMILES string of the molecule is CNc1ccc(Cl)c(C(=O)N(C)CC2CCOCC2)n1. The highest BCUT2D eigenvalue weighted by Crippen LogP contribution is 2.20. The molecule has 1 aromatic heterocycles. The molecule has 0 aromatic carbocycles. The topological polar surface area (TPSA) is 54.5 Å². The zero-order chi connectivity index (χ0) is 14.5. The number of halogens is 1. The smallest absolute Gasteiger partial charge is 0.273 e. The first-order valence-electron chi connectivity index (χ1n) is 6.79. The van der Waals surface area contributed by atoms with Crippen LogP contribution in [0.1, 0.15) is 23.3 Å². The summed E-state index contributed by atoms with van der Waals surface area (Å²) in [6.45, 7) is 2.27. The monoisotopic (exact) mass is 297 g/mol. The molecule has 1 saturated heterocycles.